The standard InChI is InChI=1S/C12H13ClF2N2O3S2/c1-12-4-17(2-6(12)3-22(19,20)5-12)11(18)10-16-8(13)7(21-10)9(14)15/h6,9H,2-5H2,1H3/t6-,12+/m0/s1. The molecule has 0 unspecified atom stereocenters. The highest BCUT2D eigenvalue weighted by molar-refractivity contribution is 7.91. The van der Waals surface area contributed by atoms with Crippen LogP contribution in [0.5, 0.6) is 0 Å². The fraction of sp³-hybridized carbons (Fsp3) is 0.667. The number of nitrogens with zero attached hydrogens (tertiary/aromatic N) is 2. The van der Waals surface area contributed by atoms with Crippen LogP contribution >= 0.6 is 22.9 Å². The second kappa shape index (κ2) is 5.10. The molecule has 3 rings (SSSR count). The van der Waals surface area contributed by atoms with Gasteiger partial charge in [0.15, 0.2) is 14.8 Å². The van der Waals surface area contributed by atoms with E-state index in [0.29, 0.717) is 17.9 Å². The number of amides is 1. The molecule has 3 heterocycles. The Morgan fingerprint density at radius 1 is 1.55 bits per heavy atom. The molecule has 2 atom stereocenters. The Balaban J connectivity index is 1.80. The molecule has 0 saturated carbocycles. The molecule has 10 heteroatoms. The largest absolute Gasteiger partial charge is 0.336 e. The fourth-order valence-corrected chi connectivity index (χ4v) is 6.91. The number of aromatic nitrogens is 1. The lowest BCUT2D eigenvalue weighted by Crippen LogP contribution is -2.33. The van der Waals surface area contributed by atoms with Gasteiger partial charge in [-0.25, -0.2) is 22.2 Å². The lowest BCUT2D eigenvalue weighted by Gasteiger charge is -2.21. The zero-order chi connectivity index (χ0) is 16.3. The van der Waals surface area contributed by atoms with Gasteiger partial charge in [0.1, 0.15) is 10.0 Å². The lowest BCUT2D eigenvalue weighted by molar-refractivity contribution is 0.0777. The van der Waals surface area contributed by atoms with Gasteiger partial charge in [0.2, 0.25) is 0 Å². The number of carbonyl (C=O) groups is 1. The molecule has 2 saturated heterocycles. The van der Waals surface area contributed by atoms with E-state index in [9.17, 15) is 22.0 Å². The van der Waals surface area contributed by atoms with Crippen LogP contribution in [0.1, 0.15) is 28.0 Å². The number of likely N-dealkylation sites (tertiary alicyclic amines) is 1. The minimum atomic E-state index is -3.06. The summed E-state index contributed by atoms with van der Waals surface area (Å²) in [5, 5.41) is -0.428. The highest BCUT2D eigenvalue weighted by Crippen LogP contribution is 2.44. The van der Waals surface area contributed by atoms with Crippen molar-refractivity contribution in [1.29, 1.82) is 0 Å². The molecule has 0 radical (unpaired) electrons. The SMILES string of the molecule is C[C@]12CN(C(=O)c3nc(Cl)c(C(F)F)s3)C[C@H]1CS(=O)(=O)C2. The molecule has 0 aliphatic carbocycles. The van der Waals surface area contributed by atoms with E-state index in [4.69, 9.17) is 11.6 Å². The van der Waals surface area contributed by atoms with E-state index < -0.39 is 32.5 Å². The molecule has 0 bridgehead atoms. The first-order valence-electron chi connectivity index (χ1n) is 6.55. The molecule has 0 spiro atoms. The van der Waals surface area contributed by atoms with Gasteiger partial charge in [-0.15, -0.1) is 11.3 Å². The van der Waals surface area contributed by atoms with Crippen LogP contribution in [-0.4, -0.2) is 48.8 Å². The highest BCUT2D eigenvalue weighted by atomic mass is 35.5. The van der Waals surface area contributed by atoms with E-state index in [1.54, 1.807) is 0 Å². The number of hydrogen-bond acceptors (Lipinski definition) is 5. The Labute approximate surface area is 135 Å². The lowest BCUT2D eigenvalue weighted by atomic mass is 9.84. The van der Waals surface area contributed by atoms with Gasteiger partial charge in [-0.2, -0.15) is 0 Å². The van der Waals surface area contributed by atoms with Crippen LogP contribution in [0.2, 0.25) is 5.15 Å². The van der Waals surface area contributed by atoms with E-state index in [1.807, 2.05) is 6.92 Å². The van der Waals surface area contributed by atoms with E-state index in [-0.39, 0.29) is 34.1 Å². The number of halogens is 3. The highest BCUT2D eigenvalue weighted by Gasteiger charge is 2.53. The summed E-state index contributed by atoms with van der Waals surface area (Å²) in [5.74, 6) is -0.470. The van der Waals surface area contributed by atoms with Crippen molar-refractivity contribution >= 4 is 38.7 Å². The van der Waals surface area contributed by atoms with Gasteiger partial charge in [-0.05, 0) is 5.92 Å². The van der Waals surface area contributed by atoms with Crippen molar-refractivity contribution in [2.45, 2.75) is 13.3 Å². The van der Waals surface area contributed by atoms with Gasteiger partial charge in [-0.1, -0.05) is 18.5 Å². The fourth-order valence-electron chi connectivity index (χ4n) is 3.23. The molecule has 122 valence electrons. The third kappa shape index (κ3) is 2.63. The first-order chi connectivity index (χ1) is 10.1. The summed E-state index contributed by atoms with van der Waals surface area (Å²) in [6.45, 7) is 2.43. The van der Waals surface area contributed by atoms with Crippen LogP contribution in [0.4, 0.5) is 8.78 Å². The summed E-state index contributed by atoms with van der Waals surface area (Å²) >= 11 is 6.21. The maximum Gasteiger partial charge on any atom is 0.282 e. The number of alkyl halides is 2. The minimum absolute atomic E-state index is 0.0509. The van der Waals surface area contributed by atoms with E-state index in [0.717, 1.165) is 0 Å². The molecule has 5 nitrogen and oxygen atoms in total. The summed E-state index contributed by atoms with van der Waals surface area (Å²) in [5.41, 5.74) is -0.471. The van der Waals surface area contributed by atoms with Crippen molar-refractivity contribution < 1.29 is 22.0 Å². The van der Waals surface area contributed by atoms with Gasteiger partial charge in [0.05, 0.1) is 11.5 Å². The zero-order valence-electron chi connectivity index (χ0n) is 11.6. The number of carbonyl (C=O) groups excluding carboxylic acids is 1. The van der Waals surface area contributed by atoms with Crippen LogP contribution in [0.15, 0.2) is 0 Å². The predicted octanol–water partition coefficient (Wildman–Crippen LogP) is 2.24. The summed E-state index contributed by atoms with van der Waals surface area (Å²) in [4.78, 5) is 17.2. The molecule has 22 heavy (non-hydrogen) atoms. The van der Waals surface area contributed by atoms with Crippen LogP contribution in [0.3, 0.4) is 0 Å². The number of rotatable bonds is 2. The molecular formula is C12H13ClF2N2O3S2. The van der Waals surface area contributed by atoms with Crippen LogP contribution in [-0.2, 0) is 9.84 Å². The Bertz CT molecular complexity index is 737. The second-order valence-corrected chi connectivity index (χ2v) is 9.56. The molecule has 2 aliphatic heterocycles. The van der Waals surface area contributed by atoms with Crippen LogP contribution in [0, 0.1) is 11.3 Å². The van der Waals surface area contributed by atoms with E-state index in [1.165, 1.54) is 4.90 Å². The quantitative estimate of drug-likeness (QED) is 0.800. The second-order valence-electron chi connectivity index (χ2n) is 6.07. The number of sulfone groups is 1. The van der Waals surface area contributed by atoms with Gasteiger partial charge in [-0.3, -0.25) is 4.79 Å². The maximum absolute atomic E-state index is 12.7. The Morgan fingerprint density at radius 2 is 2.23 bits per heavy atom. The number of hydrogen-bond donors (Lipinski definition) is 0. The number of thiazole rings is 1. The third-order valence-corrected chi connectivity index (χ3v) is 7.72. The average Bonchev–Trinajstić information content (AvgIpc) is 2.95. The molecular weight excluding hydrogens is 358 g/mol. The van der Waals surface area contributed by atoms with Gasteiger partial charge in [0.25, 0.3) is 12.3 Å². The first kappa shape index (κ1) is 16.1. The third-order valence-electron chi connectivity index (χ3n) is 4.26. The van der Waals surface area contributed by atoms with Gasteiger partial charge >= 0.3 is 0 Å². The maximum atomic E-state index is 12.7. The summed E-state index contributed by atoms with van der Waals surface area (Å²) in [7, 11) is -3.06. The average molecular weight is 371 g/mol. The van der Waals surface area contributed by atoms with Crippen LogP contribution in [0.25, 0.3) is 0 Å². The van der Waals surface area contributed by atoms with Crippen molar-refractivity contribution in [2.24, 2.45) is 11.3 Å². The van der Waals surface area contributed by atoms with Crippen LogP contribution < -0.4 is 0 Å². The summed E-state index contributed by atoms with van der Waals surface area (Å²) < 4.78 is 48.8. The van der Waals surface area contributed by atoms with Crippen molar-refractivity contribution in [2.75, 3.05) is 24.6 Å². The molecule has 0 aromatic carbocycles. The topological polar surface area (TPSA) is 67.3 Å². The van der Waals surface area contributed by atoms with Crippen molar-refractivity contribution in [1.82, 2.24) is 9.88 Å². The van der Waals surface area contributed by atoms with E-state index >= 15 is 0 Å². The summed E-state index contributed by atoms with van der Waals surface area (Å²) in [6, 6.07) is 0. The van der Waals surface area contributed by atoms with Crippen molar-refractivity contribution in [3.8, 4) is 0 Å². The Hall–Kier alpha value is -0.800. The van der Waals surface area contributed by atoms with Crippen molar-refractivity contribution in [3.63, 3.8) is 0 Å². The number of fused-ring (bicyclic) bond motifs is 1. The normalized spacial score (nSPS) is 30.0. The van der Waals surface area contributed by atoms with Gasteiger partial charge < -0.3 is 4.90 Å². The van der Waals surface area contributed by atoms with E-state index in [2.05, 4.69) is 4.98 Å². The smallest absolute Gasteiger partial charge is 0.282 e. The Morgan fingerprint density at radius 3 is 2.77 bits per heavy atom. The first-order valence-corrected chi connectivity index (χ1v) is 9.57. The molecule has 1 aromatic rings. The molecule has 1 amide bonds. The Kier molecular flexibility index (Phi) is 3.73. The zero-order valence-corrected chi connectivity index (χ0v) is 13.9. The monoisotopic (exact) mass is 370 g/mol. The molecule has 0 N–H and O–H groups in total. The van der Waals surface area contributed by atoms with Crippen molar-refractivity contribution in [3.05, 3.63) is 15.0 Å². The predicted molar refractivity (Wildman–Crippen MR) is 78.2 cm³/mol. The molecule has 2 aliphatic rings. The molecule has 2 fully saturated rings. The van der Waals surface area contributed by atoms with Gasteiger partial charge in [0, 0.05) is 18.5 Å². The summed E-state index contributed by atoms with van der Waals surface area (Å²) in [6.07, 6.45) is -2.77. The minimum Gasteiger partial charge on any atom is -0.336 e. The molecule has 1 aromatic heterocycles.